The largest absolute Gasteiger partial charge is 0.373 e. The Bertz CT molecular complexity index is 402. The zero-order valence-corrected chi connectivity index (χ0v) is 12.5. The molecule has 0 spiro atoms. The van der Waals surface area contributed by atoms with Gasteiger partial charge in [-0.2, -0.15) is 0 Å². The van der Waals surface area contributed by atoms with E-state index in [0.717, 1.165) is 24.5 Å². The SMILES string of the molecule is CN(CCN1CCCC1)c1ccc(Cl)cc1CCN. The van der Waals surface area contributed by atoms with Crippen molar-refractivity contribution in [2.24, 2.45) is 5.73 Å². The molecule has 0 radical (unpaired) electrons. The zero-order chi connectivity index (χ0) is 13.7. The molecular weight excluding hydrogens is 258 g/mol. The van der Waals surface area contributed by atoms with Crippen molar-refractivity contribution < 1.29 is 0 Å². The lowest BCUT2D eigenvalue weighted by molar-refractivity contribution is 0.346. The molecule has 19 heavy (non-hydrogen) atoms. The molecule has 0 amide bonds. The van der Waals surface area contributed by atoms with Crippen LogP contribution in [-0.2, 0) is 6.42 Å². The molecule has 1 aliphatic heterocycles. The Morgan fingerprint density at radius 2 is 2.05 bits per heavy atom. The average Bonchev–Trinajstić information content (AvgIpc) is 2.90. The highest BCUT2D eigenvalue weighted by Gasteiger charge is 2.13. The van der Waals surface area contributed by atoms with Crippen molar-refractivity contribution in [2.45, 2.75) is 19.3 Å². The van der Waals surface area contributed by atoms with Crippen LogP contribution in [0.2, 0.25) is 5.02 Å². The highest BCUT2D eigenvalue weighted by Crippen LogP contribution is 2.24. The monoisotopic (exact) mass is 281 g/mol. The summed E-state index contributed by atoms with van der Waals surface area (Å²) >= 11 is 6.07. The summed E-state index contributed by atoms with van der Waals surface area (Å²) in [5.41, 5.74) is 8.19. The summed E-state index contributed by atoms with van der Waals surface area (Å²) < 4.78 is 0. The van der Waals surface area contributed by atoms with Crippen LogP contribution in [0.5, 0.6) is 0 Å². The molecule has 0 atom stereocenters. The molecule has 1 fully saturated rings. The minimum atomic E-state index is 0.660. The highest BCUT2D eigenvalue weighted by molar-refractivity contribution is 6.30. The summed E-state index contributed by atoms with van der Waals surface area (Å²) in [5.74, 6) is 0. The zero-order valence-electron chi connectivity index (χ0n) is 11.7. The predicted molar refractivity (Wildman–Crippen MR) is 83.2 cm³/mol. The van der Waals surface area contributed by atoms with Gasteiger partial charge in [-0.05, 0) is 62.7 Å². The Kier molecular flexibility index (Phi) is 5.49. The first-order valence-corrected chi connectivity index (χ1v) is 7.50. The van der Waals surface area contributed by atoms with E-state index in [1.807, 2.05) is 12.1 Å². The van der Waals surface area contributed by atoms with Crippen LogP contribution in [0.25, 0.3) is 0 Å². The van der Waals surface area contributed by atoms with Gasteiger partial charge in [0.15, 0.2) is 0 Å². The fraction of sp³-hybridized carbons (Fsp3) is 0.600. The maximum absolute atomic E-state index is 6.07. The number of likely N-dealkylation sites (tertiary alicyclic amines) is 1. The Morgan fingerprint density at radius 3 is 2.74 bits per heavy atom. The minimum absolute atomic E-state index is 0.660. The molecule has 106 valence electrons. The maximum Gasteiger partial charge on any atom is 0.0410 e. The first-order valence-electron chi connectivity index (χ1n) is 7.12. The number of halogens is 1. The van der Waals surface area contributed by atoms with E-state index in [4.69, 9.17) is 17.3 Å². The van der Waals surface area contributed by atoms with Crippen molar-refractivity contribution in [1.82, 2.24) is 4.90 Å². The van der Waals surface area contributed by atoms with E-state index in [1.54, 1.807) is 0 Å². The van der Waals surface area contributed by atoms with Crippen molar-refractivity contribution in [2.75, 3.05) is 44.7 Å². The number of anilines is 1. The molecule has 1 aliphatic rings. The Hall–Kier alpha value is -0.770. The van der Waals surface area contributed by atoms with Crippen LogP contribution < -0.4 is 10.6 Å². The molecule has 0 aliphatic carbocycles. The van der Waals surface area contributed by atoms with E-state index in [2.05, 4.69) is 22.9 Å². The van der Waals surface area contributed by atoms with Gasteiger partial charge in [-0.15, -0.1) is 0 Å². The lowest BCUT2D eigenvalue weighted by atomic mass is 10.1. The van der Waals surface area contributed by atoms with Crippen LogP contribution in [0.3, 0.4) is 0 Å². The van der Waals surface area contributed by atoms with Gasteiger partial charge in [0.2, 0.25) is 0 Å². The number of rotatable bonds is 6. The second kappa shape index (κ2) is 7.13. The van der Waals surface area contributed by atoms with Gasteiger partial charge in [0.05, 0.1) is 0 Å². The molecule has 3 nitrogen and oxygen atoms in total. The van der Waals surface area contributed by atoms with Gasteiger partial charge in [-0.25, -0.2) is 0 Å². The molecule has 2 rings (SSSR count). The normalized spacial score (nSPS) is 15.9. The standard InChI is InChI=1S/C15H24ClN3/c1-18(10-11-19-8-2-3-9-19)15-5-4-14(16)12-13(15)6-7-17/h4-5,12H,2-3,6-11,17H2,1H3. The Morgan fingerprint density at radius 1 is 1.32 bits per heavy atom. The summed E-state index contributed by atoms with van der Waals surface area (Å²) in [6, 6.07) is 6.11. The van der Waals surface area contributed by atoms with Gasteiger partial charge in [-0.1, -0.05) is 11.6 Å². The van der Waals surface area contributed by atoms with Gasteiger partial charge in [0.1, 0.15) is 0 Å². The predicted octanol–water partition coefficient (Wildman–Crippen LogP) is 2.37. The molecule has 2 N–H and O–H groups in total. The second-order valence-corrected chi connectivity index (χ2v) is 5.72. The van der Waals surface area contributed by atoms with Gasteiger partial charge >= 0.3 is 0 Å². The van der Waals surface area contributed by atoms with E-state index < -0.39 is 0 Å². The Labute approximate surface area is 121 Å². The topological polar surface area (TPSA) is 32.5 Å². The summed E-state index contributed by atoms with van der Waals surface area (Å²) in [5, 5.41) is 0.792. The van der Waals surface area contributed by atoms with Crippen molar-refractivity contribution >= 4 is 17.3 Å². The number of benzene rings is 1. The smallest absolute Gasteiger partial charge is 0.0410 e. The molecule has 0 bridgehead atoms. The fourth-order valence-electron chi connectivity index (χ4n) is 2.70. The molecule has 1 heterocycles. The lowest BCUT2D eigenvalue weighted by Crippen LogP contribution is -2.31. The number of nitrogens with zero attached hydrogens (tertiary/aromatic N) is 2. The second-order valence-electron chi connectivity index (χ2n) is 5.28. The van der Waals surface area contributed by atoms with E-state index in [-0.39, 0.29) is 0 Å². The molecule has 0 saturated carbocycles. The quantitative estimate of drug-likeness (QED) is 0.869. The minimum Gasteiger partial charge on any atom is -0.373 e. The summed E-state index contributed by atoms with van der Waals surface area (Å²) in [6.07, 6.45) is 3.58. The molecule has 1 aromatic carbocycles. The van der Waals surface area contributed by atoms with E-state index in [1.165, 1.54) is 37.2 Å². The third-order valence-corrected chi connectivity index (χ3v) is 4.05. The number of hydrogen-bond acceptors (Lipinski definition) is 3. The first-order chi connectivity index (χ1) is 9.20. The summed E-state index contributed by atoms with van der Waals surface area (Å²) in [4.78, 5) is 4.86. The van der Waals surface area contributed by atoms with Gasteiger partial charge in [-0.3, -0.25) is 0 Å². The Balaban J connectivity index is 1.98. The third kappa shape index (κ3) is 4.10. The average molecular weight is 282 g/mol. The summed E-state index contributed by atoms with van der Waals surface area (Å²) in [6.45, 7) is 5.36. The van der Waals surface area contributed by atoms with E-state index >= 15 is 0 Å². The molecular formula is C15H24ClN3. The molecule has 0 aromatic heterocycles. The van der Waals surface area contributed by atoms with Crippen molar-refractivity contribution in [3.05, 3.63) is 28.8 Å². The first kappa shape index (κ1) is 14.6. The molecule has 1 saturated heterocycles. The molecule has 1 aromatic rings. The third-order valence-electron chi connectivity index (χ3n) is 3.82. The highest BCUT2D eigenvalue weighted by atomic mass is 35.5. The van der Waals surface area contributed by atoms with Crippen LogP contribution >= 0.6 is 11.6 Å². The maximum atomic E-state index is 6.07. The molecule has 0 unspecified atom stereocenters. The van der Waals surface area contributed by atoms with Crippen molar-refractivity contribution in [3.63, 3.8) is 0 Å². The summed E-state index contributed by atoms with van der Waals surface area (Å²) in [7, 11) is 2.15. The van der Waals surface area contributed by atoms with Crippen molar-refractivity contribution in [3.8, 4) is 0 Å². The number of hydrogen-bond donors (Lipinski definition) is 1. The van der Waals surface area contributed by atoms with Crippen LogP contribution in [0.15, 0.2) is 18.2 Å². The van der Waals surface area contributed by atoms with Crippen molar-refractivity contribution in [1.29, 1.82) is 0 Å². The van der Waals surface area contributed by atoms with Crippen LogP contribution in [0.1, 0.15) is 18.4 Å². The van der Waals surface area contributed by atoms with Gasteiger partial charge in [0, 0.05) is 30.8 Å². The van der Waals surface area contributed by atoms with Crippen LogP contribution in [0, 0.1) is 0 Å². The molecule has 4 heteroatoms. The fourth-order valence-corrected chi connectivity index (χ4v) is 2.90. The number of nitrogens with two attached hydrogens (primary N) is 1. The lowest BCUT2D eigenvalue weighted by Gasteiger charge is -2.25. The van der Waals surface area contributed by atoms with Crippen LogP contribution in [0.4, 0.5) is 5.69 Å². The number of likely N-dealkylation sites (N-methyl/N-ethyl adjacent to an activating group) is 1. The van der Waals surface area contributed by atoms with Gasteiger partial charge in [0.25, 0.3) is 0 Å². The van der Waals surface area contributed by atoms with Crippen LogP contribution in [-0.4, -0.2) is 44.7 Å². The van der Waals surface area contributed by atoms with Gasteiger partial charge < -0.3 is 15.5 Å². The van der Waals surface area contributed by atoms with E-state index in [9.17, 15) is 0 Å². The van der Waals surface area contributed by atoms with E-state index in [0.29, 0.717) is 6.54 Å².